The number of nitrogens with zero attached hydrogens (tertiary/aromatic N) is 2. The summed E-state index contributed by atoms with van der Waals surface area (Å²) in [4.78, 5) is -0.225. The maximum atomic E-state index is 12.1. The van der Waals surface area contributed by atoms with E-state index >= 15 is 0 Å². The van der Waals surface area contributed by atoms with E-state index in [4.69, 9.17) is 10.7 Å². The first-order chi connectivity index (χ1) is 6.70. The Labute approximate surface area is 91.6 Å². The molecule has 0 saturated carbocycles. The van der Waals surface area contributed by atoms with Gasteiger partial charge in [-0.3, -0.25) is 5.01 Å². The molecule has 88 valence electrons. The first-order valence-electron chi connectivity index (χ1n) is 3.84. The number of hydrogen-bond acceptors (Lipinski definition) is 4. The van der Waals surface area contributed by atoms with Crippen LogP contribution in [0.5, 0.6) is 0 Å². The monoisotopic (exact) mass is 260 g/mol. The average Bonchev–Trinajstić information content (AvgIpc) is 2.10. The standard InChI is InChI=1S/C7H11ClF2N2O2S/c1-5(6(2)15(8,13)14)12(11-3)4-7(9)10/h7H,3-4H2,1-2H3/b6-5+. The predicted octanol–water partition coefficient (Wildman–Crippen LogP) is 1.99. The summed E-state index contributed by atoms with van der Waals surface area (Å²) >= 11 is 0. The van der Waals surface area contributed by atoms with Crippen LogP contribution < -0.4 is 0 Å². The minimum Gasteiger partial charge on any atom is -0.264 e. The zero-order valence-electron chi connectivity index (χ0n) is 8.24. The maximum Gasteiger partial charge on any atom is 0.258 e. The molecule has 0 unspecified atom stereocenters. The predicted molar refractivity (Wildman–Crippen MR) is 55.4 cm³/mol. The minimum absolute atomic E-state index is 0.0281. The molecule has 0 aliphatic rings. The van der Waals surface area contributed by atoms with Gasteiger partial charge in [-0.05, 0) is 13.8 Å². The lowest BCUT2D eigenvalue weighted by Gasteiger charge is -2.19. The summed E-state index contributed by atoms with van der Waals surface area (Å²) in [5.41, 5.74) is 0.0281. The third kappa shape index (κ3) is 4.57. The first-order valence-corrected chi connectivity index (χ1v) is 6.15. The number of halogens is 3. The van der Waals surface area contributed by atoms with E-state index < -0.39 is 22.0 Å². The summed E-state index contributed by atoms with van der Waals surface area (Å²) < 4.78 is 45.9. The van der Waals surface area contributed by atoms with Gasteiger partial charge in [0, 0.05) is 23.1 Å². The smallest absolute Gasteiger partial charge is 0.258 e. The van der Waals surface area contributed by atoms with Crippen molar-refractivity contribution in [1.29, 1.82) is 0 Å². The molecule has 4 nitrogen and oxygen atoms in total. The van der Waals surface area contributed by atoms with Crippen LogP contribution in [0.25, 0.3) is 0 Å². The molecule has 0 aromatic heterocycles. The SMILES string of the molecule is C=NN(CC(F)F)/C(C)=C(\C)S(=O)(=O)Cl. The van der Waals surface area contributed by atoms with E-state index in [0.29, 0.717) is 0 Å². The summed E-state index contributed by atoms with van der Waals surface area (Å²) in [6.07, 6.45) is -2.64. The van der Waals surface area contributed by atoms with Crippen LogP contribution in [0.1, 0.15) is 13.8 Å². The molecule has 0 atom stereocenters. The molecule has 15 heavy (non-hydrogen) atoms. The molecule has 0 amide bonds. The molecule has 0 rings (SSSR count). The van der Waals surface area contributed by atoms with Crippen LogP contribution in [0.2, 0.25) is 0 Å². The van der Waals surface area contributed by atoms with Crippen molar-refractivity contribution in [2.75, 3.05) is 6.54 Å². The highest BCUT2D eigenvalue weighted by molar-refractivity contribution is 8.16. The van der Waals surface area contributed by atoms with Crippen molar-refractivity contribution >= 4 is 26.5 Å². The molecule has 0 bridgehead atoms. The fourth-order valence-electron chi connectivity index (χ4n) is 0.790. The first kappa shape index (κ1) is 14.3. The van der Waals surface area contributed by atoms with Crippen LogP contribution in [0.15, 0.2) is 15.7 Å². The molecular formula is C7H11ClF2N2O2S. The molecular weight excluding hydrogens is 250 g/mol. The lowest BCUT2D eigenvalue weighted by atomic mass is 10.4. The van der Waals surface area contributed by atoms with E-state index in [0.717, 1.165) is 5.01 Å². The molecule has 0 aliphatic carbocycles. The van der Waals surface area contributed by atoms with E-state index in [2.05, 4.69) is 11.8 Å². The molecule has 0 spiro atoms. The second kappa shape index (κ2) is 5.41. The van der Waals surface area contributed by atoms with Gasteiger partial charge in [0.05, 0.1) is 4.91 Å². The molecule has 0 aromatic rings. The number of hydrogen-bond donors (Lipinski definition) is 0. The van der Waals surface area contributed by atoms with Crippen LogP contribution in [0, 0.1) is 0 Å². The van der Waals surface area contributed by atoms with Crippen molar-refractivity contribution in [3.63, 3.8) is 0 Å². The van der Waals surface area contributed by atoms with Gasteiger partial charge in [-0.1, -0.05) is 0 Å². The third-order valence-electron chi connectivity index (χ3n) is 1.74. The molecule has 8 heteroatoms. The second-order valence-corrected chi connectivity index (χ2v) is 5.40. The summed E-state index contributed by atoms with van der Waals surface area (Å²) in [5.74, 6) is 0. The Bertz CT molecular complexity index is 367. The van der Waals surface area contributed by atoms with E-state index in [9.17, 15) is 17.2 Å². The summed E-state index contributed by atoms with van der Waals surface area (Å²) in [5, 5.41) is 4.08. The van der Waals surface area contributed by atoms with Crippen molar-refractivity contribution < 1.29 is 17.2 Å². The van der Waals surface area contributed by atoms with Crippen LogP contribution in [-0.4, -0.2) is 33.1 Å². The van der Waals surface area contributed by atoms with Crippen molar-refractivity contribution in [2.24, 2.45) is 5.10 Å². The second-order valence-electron chi connectivity index (χ2n) is 2.69. The number of alkyl halides is 2. The Morgan fingerprint density at radius 2 is 2.00 bits per heavy atom. The maximum absolute atomic E-state index is 12.1. The topological polar surface area (TPSA) is 49.7 Å². The Morgan fingerprint density at radius 1 is 1.53 bits per heavy atom. The van der Waals surface area contributed by atoms with Gasteiger partial charge in [-0.15, -0.1) is 0 Å². The van der Waals surface area contributed by atoms with Gasteiger partial charge in [-0.25, -0.2) is 17.2 Å². The van der Waals surface area contributed by atoms with Crippen LogP contribution in [-0.2, 0) is 9.05 Å². The molecule has 0 radical (unpaired) electrons. The lowest BCUT2D eigenvalue weighted by molar-refractivity contribution is 0.105. The Morgan fingerprint density at radius 3 is 2.27 bits per heavy atom. The summed E-state index contributed by atoms with van der Waals surface area (Å²) in [6.45, 7) is 4.88. The van der Waals surface area contributed by atoms with Gasteiger partial charge in [0.25, 0.3) is 15.5 Å². The van der Waals surface area contributed by atoms with Crippen LogP contribution in [0.3, 0.4) is 0 Å². The summed E-state index contributed by atoms with van der Waals surface area (Å²) in [7, 11) is 1.14. The number of rotatable bonds is 5. The minimum atomic E-state index is -3.92. The molecule has 0 fully saturated rings. The number of hydrazone groups is 1. The Hall–Kier alpha value is -0.690. The highest BCUT2D eigenvalue weighted by Gasteiger charge is 2.18. The quantitative estimate of drug-likeness (QED) is 0.432. The van der Waals surface area contributed by atoms with Gasteiger partial charge >= 0.3 is 0 Å². The van der Waals surface area contributed by atoms with E-state index in [1.165, 1.54) is 13.8 Å². The average molecular weight is 261 g/mol. The lowest BCUT2D eigenvalue weighted by Crippen LogP contribution is -2.23. The molecule has 0 heterocycles. The fourth-order valence-corrected chi connectivity index (χ4v) is 1.58. The zero-order valence-corrected chi connectivity index (χ0v) is 9.82. The van der Waals surface area contributed by atoms with Crippen molar-refractivity contribution in [1.82, 2.24) is 5.01 Å². The van der Waals surface area contributed by atoms with Crippen molar-refractivity contribution in [3.8, 4) is 0 Å². The normalized spacial score (nSPS) is 13.7. The van der Waals surface area contributed by atoms with Gasteiger partial charge in [-0.2, -0.15) is 5.10 Å². The van der Waals surface area contributed by atoms with Crippen molar-refractivity contribution in [2.45, 2.75) is 20.3 Å². The van der Waals surface area contributed by atoms with Crippen molar-refractivity contribution in [3.05, 3.63) is 10.6 Å². The Kier molecular flexibility index (Phi) is 5.16. The molecule has 0 aliphatic heterocycles. The third-order valence-corrected chi connectivity index (χ3v) is 3.47. The molecule has 0 aromatic carbocycles. The zero-order chi connectivity index (χ0) is 12.2. The van der Waals surface area contributed by atoms with Gasteiger partial charge in [0.15, 0.2) is 0 Å². The van der Waals surface area contributed by atoms with E-state index in [1.807, 2.05) is 0 Å². The highest BCUT2D eigenvalue weighted by atomic mass is 35.7. The molecule has 0 N–H and O–H groups in total. The molecule has 0 saturated heterocycles. The van der Waals surface area contributed by atoms with Gasteiger partial charge in [0.2, 0.25) is 0 Å². The van der Waals surface area contributed by atoms with Crippen LogP contribution in [0.4, 0.5) is 8.78 Å². The van der Waals surface area contributed by atoms with Gasteiger partial charge < -0.3 is 0 Å². The van der Waals surface area contributed by atoms with Crippen LogP contribution >= 0.6 is 10.7 Å². The van der Waals surface area contributed by atoms with E-state index in [1.54, 1.807) is 0 Å². The summed E-state index contributed by atoms with van der Waals surface area (Å²) in [6, 6.07) is 0. The van der Waals surface area contributed by atoms with Gasteiger partial charge in [0.1, 0.15) is 6.54 Å². The Balaban J connectivity index is 5.10. The van der Waals surface area contributed by atoms with E-state index in [-0.39, 0.29) is 10.6 Å². The highest BCUT2D eigenvalue weighted by Crippen LogP contribution is 2.19. The number of allylic oxidation sites excluding steroid dienone is 2. The fraction of sp³-hybridized carbons (Fsp3) is 0.571. The largest absolute Gasteiger partial charge is 0.264 e.